The van der Waals surface area contributed by atoms with Crippen molar-refractivity contribution in [3.63, 3.8) is 0 Å². The summed E-state index contributed by atoms with van der Waals surface area (Å²) in [4.78, 5) is 1.35. The minimum absolute atomic E-state index is 0.782. The fourth-order valence-electron chi connectivity index (χ4n) is 1.66. The Bertz CT molecular complexity index is 339. The van der Waals surface area contributed by atoms with Crippen LogP contribution in [0.2, 0.25) is 0 Å². The zero-order valence-electron chi connectivity index (χ0n) is 10.4. The van der Waals surface area contributed by atoms with Gasteiger partial charge < -0.3 is 10.1 Å². The van der Waals surface area contributed by atoms with Gasteiger partial charge in [-0.25, -0.2) is 0 Å². The summed E-state index contributed by atoms with van der Waals surface area (Å²) in [5.74, 6) is 1.04. The quantitative estimate of drug-likeness (QED) is 0.567. The molecule has 1 saturated carbocycles. The van der Waals surface area contributed by atoms with Crippen LogP contribution in [0.1, 0.15) is 25.3 Å². The molecule has 0 aromatic heterocycles. The first-order valence-corrected chi connectivity index (χ1v) is 7.40. The summed E-state index contributed by atoms with van der Waals surface area (Å²) in [6, 6.07) is 9.59. The lowest BCUT2D eigenvalue weighted by Gasteiger charge is -2.06. The lowest BCUT2D eigenvalue weighted by atomic mass is 10.2. The van der Waals surface area contributed by atoms with Crippen LogP contribution in [0.5, 0.6) is 0 Å². The van der Waals surface area contributed by atoms with Gasteiger partial charge >= 0.3 is 0 Å². The van der Waals surface area contributed by atoms with Crippen LogP contribution in [0.4, 0.5) is 0 Å². The van der Waals surface area contributed by atoms with Crippen LogP contribution >= 0.6 is 11.8 Å². The maximum Gasteiger partial charge on any atom is 0.0560 e. The van der Waals surface area contributed by atoms with E-state index in [2.05, 4.69) is 29.6 Å². The monoisotopic (exact) mass is 251 g/mol. The van der Waals surface area contributed by atoms with Crippen molar-refractivity contribution < 1.29 is 4.74 Å². The van der Waals surface area contributed by atoms with E-state index in [1.165, 1.54) is 23.3 Å². The molecule has 1 aliphatic rings. The molecule has 1 fully saturated rings. The molecule has 94 valence electrons. The molecule has 17 heavy (non-hydrogen) atoms. The molecule has 0 bridgehead atoms. The van der Waals surface area contributed by atoms with E-state index in [0.29, 0.717) is 0 Å². The molecule has 0 amide bonds. The smallest absolute Gasteiger partial charge is 0.0560 e. The molecule has 0 unspecified atom stereocenters. The van der Waals surface area contributed by atoms with E-state index in [1.54, 1.807) is 0 Å². The Kier molecular flexibility index (Phi) is 5.36. The van der Waals surface area contributed by atoms with Crippen molar-refractivity contribution in [2.24, 2.45) is 0 Å². The lowest BCUT2D eigenvalue weighted by Crippen LogP contribution is -2.15. The second-order valence-electron chi connectivity index (χ2n) is 4.35. The number of ether oxygens (including phenoxy) is 1. The summed E-state index contributed by atoms with van der Waals surface area (Å²) in [5, 5.41) is 3.54. The van der Waals surface area contributed by atoms with Crippen molar-refractivity contribution in [1.29, 1.82) is 0 Å². The minimum atomic E-state index is 0.782. The Morgan fingerprint density at radius 2 is 2.29 bits per heavy atom. The molecule has 0 spiro atoms. The number of thioether (sulfide) groups is 1. The zero-order valence-corrected chi connectivity index (χ0v) is 11.3. The summed E-state index contributed by atoms with van der Waals surface area (Å²) < 4.78 is 5.34. The fraction of sp³-hybridized carbons (Fsp3) is 0.571. The highest BCUT2D eigenvalue weighted by molar-refractivity contribution is 7.99. The molecule has 0 saturated heterocycles. The molecule has 0 aliphatic heterocycles. The summed E-state index contributed by atoms with van der Waals surface area (Å²) >= 11 is 1.87. The first-order chi connectivity index (χ1) is 8.38. The highest BCUT2D eigenvalue weighted by Gasteiger charge is 2.19. The molecule has 0 atom stereocenters. The highest BCUT2D eigenvalue weighted by atomic mass is 32.2. The predicted octanol–water partition coefficient (Wildman–Crippen LogP) is 3.07. The third-order valence-electron chi connectivity index (χ3n) is 2.77. The van der Waals surface area contributed by atoms with Crippen molar-refractivity contribution >= 4 is 11.8 Å². The Labute approximate surface area is 108 Å². The van der Waals surface area contributed by atoms with E-state index in [-0.39, 0.29) is 0 Å². The number of benzene rings is 1. The summed E-state index contributed by atoms with van der Waals surface area (Å²) in [6.07, 6.45) is 2.70. The third kappa shape index (κ3) is 5.11. The first kappa shape index (κ1) is 12.9. The van der Waals surface area contributed by atoms with E-state index in [0.717, 1.165) is 31.6 Å². The van der Waals surface area contributed by atoms with Gasteiger partial charge in [-0.3, -0.25) is 0 Å². The van der Waals surface area contributed by atoms with Crippen LogP contribution in [0.3, 0.4) is 0 Å². The average Bonchev–Trinajstić information content (AvgIpc) is 3.17. The molecule has 0 heterocycles. The Morgan fingerprint density at radius 3 is 3.06 bits per heavy atom. The number of nitrogens with one attached hydrogen (secondary N) is 1. The molecule has 1 aromatic carbocycles. The van der Waals surface area contributed by atoms with Crippen molar-refractivity contribution in [1.82, 2.24) is 5.32 Å². The largest absolute Gasteiger partial charge is 0.381 e. The van der Waals surface area contributed by atoms with Crippen molar-refractivity contribution in [2.45, 2.75) is 37.2 Å². The Hall–Kier alpha value is -0.510. The standard InChI is InChI=1S/C14H21NOS/c1-2-16-8-9-17-14-5-3-4-12(10-14)11-15-13-6-7-13/h3-5,10,13,15H,2,6-9,11H2,1H3. The number of hydrogen-bond donors (Lipinski definition) is 1. The molecular weight excluding hydrogens is 230 g/mol. The molecule has 0 radical (unpaired) electrons. The minimum Gasteiger partial charge on any atom is -0.381 e. The highest BCUT2D eigenvalue weighted by Crippen LogP contribution is 2.21. The van der Waals surface area contributed by atoms with Gasteiger partial charge in [-0.2, -0.15) is 0 Å². The van der Waals surface area contributed by atoms with Crippen molar-refractivity contribution in [3.05, 3.63) is 29.8 Å². The fourth-order valence-corrected chi connectivity index (χ4v) is 2.50. The van der Waals surface area contributed by atoms with E-state index in [1.807, 2.05) is 18.7 Å². The summed E-state index contributed by atoms with van der Waals surface area (Å²) in [5.41, 5.74) is 1.39. The lowest BCUT2D eigenvalue weighted by molar-refractivity contribution is 0.164. The van der Waals surface area contributed by atoms with Gasteiger partial charge in [-0.1, -0.05) is 12.1 Å². The summed E-state index contributed by atoms with van der Waals surface area (Å²) in [7, 11) is 0. The average molecular weight is 251 g/mol. The topological polar surface area (TPSA) is 21.3 Å². The van der Waals surface area contributed by atoms with Crippen molar-refractivity contribution in [2.75, 3.05) is 19.0 Å². The summed E-state index contributed by atoms with van der Waals surface area (Å²) in [6.45, 7) is 4.69. The van der Waals surface area contributed by atoms with E-state index < -0.39 is 0 Å². The van der Waals surface area contributed by atoms with E-state index >= 15 is 0 Å². The molecule has 2 nitrogen and oxygen atoms in total. The van der Waals surface area contributed by atoms with Crippen LogP contribution in [0, 0.1) is 0 Å². The van der Waals surface area contributed by atoms with Gasteiger partial charge in [0.1, 0.15) is 0 Å². The van der Waals surface area contributed by atoms with Gasteiger partial charge in [0, 0.05) is 29.8 Å². The number of rotatable bonds is 8. The van der Waals surface area contributed by atoms with Crippen LogP contribution in [-0.2, 0) is 11.3 Å². The molecular formula is C14H21NOS. The van der Waals surface area contributed by atoms with Crippen LogP contribution in [-0.4, -0.2) is 25.0 Å². The molecule has 1 N–H and O–H groups in total. The molecule has 3 heteroatoms. The predicted molar refractivity (Wildman–Crippen MR) is 73.5 cm³/mol. The zero-order chi connectivity index (χ0) is 11.9. The van der Waals surface area contributed by atoms with Gasteiger partial charge in [-0.05, 0) is 37.5 Å². The Morgan fingerprint density at radius 1 is 1.41 bits per heavy atom. The van der Waals surface area contributed by atoms with Crippen LogP contribution in [0.25, 0.3) is 0 Å². The van der Waals surface area contributed by atoms with Gasteiger partial charge in [0.15, 0.2) is 0 Å². The van der Waals surface area contributed by atoms with E-state index in [9.17, 15) is 0 Å². The molecule has 2 rings (SSSR count). The van der Waals surface area contributed by atoms with Gasteiger partial charge in [0.2, 0.25) is 0 Å². The normalized spacial score (nSPS) is 15.1. The number of hydrogen-bond acceptors (Lipinski definition) is 3. The van der Waals surface area contributed by atoms with E-state index in [4.69, 9.17) is 4.74 Å². The van der Waals surface area contributed by atoms with Crippen LogP contribution < -0.4 is 5.32 Å². The molecule has 1 aliphatic carbocycles. The second-order valence-corrected chi connectivity index (χ2v) is 5.52. The maximum absolute atomic E-state index is 5.34. The van der Waals surface area contributed by atoms with Gasteiger partial charge in [0.05, 0.1) is 6.61 Å². The maximum atomic E-state index is 5.34. The van der Waals surface area contributed by atoms with Gasteiger partial charge in [0.25, 0.3) is 0 Å². The third-order valence-corrected chi connectivity index (χ3v) is 3.73. The first-order valence-electron chi connectivity index (χ1n) is 6.41. The SMILES string of the molecule is CCOCCSc1cccc(CNC2CC2)c1. The van der Waals surface area contributed by atoms with Crippen LogP contribution in [0.15, 0.2) is 29.2 Å². The van der Waals surface area contributed by atoms with Gasteiger partial charge in [-0.15, -0.1) is 11.8 Å². The Balaban J connectivity index is 1.74. The second kappa shape index (κ2) is 7.04. The molecule has 1 aromatic rings. The van der Waals surface area contributed by atoms with Crippen molar-refractivity contribution in [3.8, 4) is 0 Å².